The van der Waals surface area contributed by atoms with Crippen LogP contribution in [0.25, 0.3) is 11.4 Å². The highest BCUT2D eigenvalue weighted by molar-refractivity contribution is 5.76. The Kier molecular flexibility index (Phi) is 6.00. The van der Waals surface area contributed by atoms with Crippen molar-refractivity contribution in [3.8, 4) is 11.4 Å². The fraction of sp³-hybridized carbons (Fsp3) is 0.444. The van der Waals surface area contributed by atoms with E-state index >= 15 is 0 Å². The number of halogens is 1. The second-order valence-electron chi connectivity index (χ2n) is 6.28. The van der Waals surface area contributed by atoms with Crippen molar-refractivity contribution in [3.63, 3.8) is 0 Å². The lowest BCUT2D eigenvalue weighted by Crippen LogP contribution is -2.45. The molecule has 144 valence electrons. The smallest absolute Gasteiger partial charge is 0.317 e. The zero-order valence-corrected chi connectivity index (χ0v) is 15.1. The molecule has 0 spiro atoms. The highest BCUT2D eigenvalue weighted by Gasteiger charge is 2.28. The van der Waals surface area contributed by atoms with Gasteiger partial charge in [-0.3, -0.25) is 9.89 Å². The van der Waals surface area contributed by atoms with Crippen molar-refractivity contribution in [3.05, 3.63) is 35.9 Å². The number of hydrogen-bond donors (Lipinski definition) is 2. The van der Waals surface area contributed by atoms with Crippen LogP contribution < -0.4 is 5.32 Å². The summed E-state index contributed by atoms with van der Waals surface area (Å²) >= 11 is 0. The molecule has 0 atom stereocenters. The molecule has 8 nitrogen and oxygen atoms in total. The van der Waals surface area contributed by atoms with Crippen LogP contribution in [-0.4, -0.2) is 51.8 Å². The van der Waals surface area contributed by atoms with E-state index in [1.54, 1.807) is 24.0 Å². The SMILES string of the molecule is CCOC(=O)C1CCN(C(=O)NCc2nc(-c3ccc(F)cc3)n[nH]2)CC1. The maximum absolute atomic E-state index is 13.0. The Morgan fingerprint density at radius 2 is 2.00 bits per heavy atom. The molecule has 0 radical (unpaired) electrons. The van der Waals surface area contributed by atoms with Crippen LogP contribution in [0.3, 0.4) is 0 Å². The topological polar surface area (TPSA) is 100 Å². The fourth-order valence-electron chi connectivity index (χ4n) is 2.95. The Bertz CT molecular complexity index is 785. The molecule has 3 rings (SSSR count). The van der Waals surface area contributed by atoms with Crippen molar-refractivity contribution in [2.24, 2.45) is 5.92 Å². The highest BCUT2D eigenvalue weighted by atomic mass is 19.1. The average Bonchev–Trinajstić information content (AvgIpc) is 3.16. The third kappa shape index (κ3) is 4.81. The standard InChI is InChI=1S/C18H22FN5O3/c1-2-27-17(25)13-7-9-24(10-8-13)18(26)20-11-15-21-16(23-22-15)12-3-5-14(19)6-4-12/h3-6,13H,2,7-11H2,1H3,(H,20,26)(H,21,22,23). The molecular weight excluding hydrogens is 353 g/mol. The summed E-state index contributed by atoms with van der Waals surface area (Å²) in [5.74, 6) is 0.293. The molecule has 0 bridgehead atoms. The van der Waals surface area contributed by atoms with Gasteiger partial charge in [-0.15, -0.1) is 0 Å². The minimum Gasteiger partial charge on any atom is -0.466 e. The first-order valence-corrected chi connectivity index (χ1v) is 8.93. The summed E-state index contributed by atoms with van der Waals surface area (Å²) in [6, 6.07) is 5.65. The number of likely N-dealkylation sites (tertiary alicyclic amines) is 1. The predicted octanol–water partition coefficient (Wildman–Crippen LogP) is 2.10. The zero-order valence-electron chi connectivity index (χ0n) is 15.1. The second kappa shape index (κ2) is 8.61. The molecule has 1 aromatic heterocycles. The number of urea groups is 1. The minimum atomic E-state index is -0.325. The van der Waals surface area contributed by atoms with Gasteiger partial charge < -0.3 is 15.0 Å². The van der Waals surface area contributed by atoms with Crippen molar-refractivity contribution in [2.75, 3.05) is 19.7 Å². The fourth-order valence-corrected chi connectivity index (χ4v) is 2.95. The van der Waals surface area contributed by atoms with E-state index in [1.165, 1.54) is 12.1 Å². The summed E-state index contributed by atoms with van der Waals surface area (Å²) in [6.07, 6.45) is 1.20. The summed E-state index contributed by atoms with van der Waals surface area (Å²) < 4.78 is 18.0. The molecule has 1 fully saturated rings. The number of nitrogens with zero attached hydrogens (tertiary/aromatic N) is 3. The number of carbonyl (C=O) groups is 2. The average molecular weight is 375 g/mol. The molecule has 1 aliphatic rings. The van der Waals surface area contributed by atoms with E-state index in [4.69, 9.17) is 4.74 Å². The normalized spacial score (nSPS) is 14.8. The Morgan fingerprint density at radius 3 is 2.67 bits per heavy atom. The van der Waals surface area contributed by atoms with Gasteiger partial charge >= 0.3 is 12.0 Å². The molecule has 1 aromatic carbocycles. The van der Waals surface area contributed by atoms with Gasteiger partial charge in [-0.1, -0.05) is 0 Å². The van der Waals surface area contributed by atoms with Gasteiger partial charge in [-0.2, -0.15) is 5.10 Å². The number of esters is 1. The molecule has 1 saturated heterocycles. The summed E-state index contributed by atoms with van der Waals surface area (Å²) in [7, 11) is 0. The molecule has 2 amide bonds. The minimum absolute atomic E-state index is 0.137. The number of hydrogen-bond acceptors (Lipinski definition) is 5. The van der Waals surface area contributed by atoms with Gasteiger partial charge in [0.2, 0.25) is 0 Å². The number of benzene rings is 1. The zero-order chi connectivity index (χ0) is 19.2. The molecule has 2 aromatic rings. The van der Waals surface area contributed by atoms with Crippen LogP contribution in [0.15, 0.2) is 24.3 Å². The van der Waals surface area contributed by atoms with Gasteiger partial charge in [0.1, 0.15) is 11.6 Å². The second-order valence-corrected chi connectivity index (χ2v) is 6.28. The number of piperidine rings is 1. The highest BCUT2D eigenvalue weighted by Crippen LogP contribution is 2.19. The quantitative estimate of drug-likeness (QED) is 0.780. The van der Waals surface area contributed by atoms with E-state index in [9.17, 15) is 14.0 Å². The predicted molar refractivity (Wildman–Crippen MR) is 94.9 cm³/mol. The number of aromatic amines is 1. The number of nitrogens with one attached hydrogen (secondary N) is 2. The monoisotopic (exact) mass is 375 g/mol. The van der Waals surface area contributed by atoms with E-state index < -0.39 is 0 Å². The van der Waals surface area contributed by atoms with E-state index in [-0.39, 0.29) is 30.3 Å². The van der Waals surface area contributed by atoms with Crippen LogP contribution in [0.2, 0.25) is 0 Å². The van der Waals surface area contributed by atoms with Gasteiger partial charge in [-0.05, 0) is 44.0 Å². The first kappa shape index (κ1) is 18.8. The van der Waals surface area contributed by atoms with Gasteiger partial charge in [0, 0.05) is 18.7 Å². The number of H-pyrrole nitrogens is 1. The summed E-state index contributed by atoms with van der Waals surface area (Å²) in [4.78, 5) is 30.0. The van der Waals surface area contributed by atoms with Crippen LogP contribution in [0.4, 0.5) is 9.18 Å². The molecular formula is C18H22FN5O3. The largest absolute Gasteiger partial charge is 0.466 e. The van der Waals surface area contributed by atoms with Crippen molar-refractivity contribution in [1.29, 1.82) is 0 Å². The number of rotatable bonds is 5. The number of amides is 2. The van der Waals surface area contributed by atoms with Crippen molar-refractivity contribution >= 4 is 12.0 Å². The lowest BCUT2D eigenvalue weighted by Gasteiger charge is -2.30. The lowest BCUT2D eigenvalue weighted by molar-refractivity contribution is -0.149. The number of aromatic nitrogens is 3. The van der Waals surface area contributed by atoms with Gasteiger partial charge in [0.05, 0.1) is 19.1 Å². The van der Waals surface area contributed by atoms with Crippen LogP contribution in [0.5, 0.6) is 0 Å². The van der Waals surface area contributed by atoms with E-state index in [0.717, 1.165) is 0 Å². The van der Waals surface area contributed by atoms with Gasteiger partial charge in [-0.25, -0.2) is 14.2 Å². The maximum atomic E-state index is 13.0. The first-order chi connectivity index (χ1) is 13.1. The van der Waals surface area contributed by atoms with E-state index in [0.29, 0.717) is 49.8 Å². The van der Waals surface area contributed by atoms with Crippen LogP contribution >= 0.6 is 0 Å². The van der Waals surface area contributed by atoms with E-state index in [2.05, 4.69) is 20.5 Å². The Balaban J connectivity index is 1.47. The van der Waals surface area contributed by atoms with Crippen LogP contribution in [0, 0.1) is 11.7 Å². The first-order valence-electron chi connectivity index (χ1n) is 8.93. The van der Waals surface area contributed by atoms with Crippen LogP contribution in [0.1, 0.15) is 25.6 Å². The van der Waals surface area contributed by atoms with Crippen molar-refractivity contribution < 1.29 is 18.7 Å². The maximum Gasteiger partial charge on any atom is 0.317 e. The molecule has 0 aliphatic carbocycles. The molecule has 2 N–H and O–H groups in total. The molecule has 1 aliphatic heterocycles. The van der Waals surface area contributed by atoms with Crippen molar-refractivity contribution in [1.82, 2.24) is 25.4 Å². The summed E-state index contributed by atoms with van der Waals surface area (Å²) in [5, 5.41) is 9.63. The molecule has 0 saturated carbocycles. The Morgan fingerprint density at radius 1 is 1.30 bits per heavy atom. The van der Waals surface area contributed by atoms with Gasteiger partial charge in [0.25, 0.3) is 0 Å². The van der Waals surface area contributed by atoms with Crippen molar-refractivity contribution in [2.45, 2.75) is 26.3 Å². The lowest BCUT2D eigenvalue weighted by atomic mass is 9.97. The van der Waals surface area contributed by atoms with Gasteiger partial charge in [0.15, 0.2) is 5.82 Å². The third-order valence-electron chi connectivity index (χ3n) is 4.44. The number of carbonyl (C=O) groups excluding carboxylic acids is 2. The summed E-state index contributed by atoms with van der Waals surface area (Å²) in [6.45, 7) is 3.37. The Labute approximate surface area is 156 Å². The molecule has 27 heavy (non-hydrogen) atoms. The number of ether oxygens (including phenoxy) is 1. The Hall–Kier alpha value is -2.97. The molecule has 9 heteroatoms. The third-order valence-corrected chi connectivity index (χ3v) is 4.44. The van der Waals surface area contributed by atoms with Crippen LogP contribution in [-0.2, 0) is 16.1 Å². The van der Waals surface area contributed by atoms with E-state index in [1.807, 2.05) is 0 Å². The summed E-state index contributed by atoms with van der Waals surface area (Å²) in [5.41, 5.74) is 0.686. The molecule has 0 unspecified atom stereocenters. The molecule has 2 heterocycles.